The zero-order chi connectivity index (χ0) is 13.9. The van der Waals surface area contributed by atoms with Gasteiger partial charge < -0.3 is 15.2 Å². The number of anilines is 1. The standard InChI is InChI=1S/C14H17NO4/c1-14(6-3-7-19-14)13(18)15-11-5-2-4-10(8-11)9-12(16)17/h2,4-5,8H,3,6-7,9H2,1H3,(H,15,18)(H,16,17). The van der Waals surface area contributed by atoms with Crippen molar-refractivity contribution in [3.8, 4) is 0 Å². The van der Waals surface area contributed by atoms with Gasteiger partial charge in [0.2, 0.25) is 0 Å². The van der Waals surface area contributed by atoms with E-state index in [2.05, 4.69) is 5.32 Å². The molecule has 2 rings (SSSR count). The predicted octanol–water partition coefficient (Wildman–Crippen LogP) is 1.82. The van der Waals surface area contributed by atoms with Crippen LogP contribution in [0.2, 0.25) is 0 Å². The highest BCUT2D eigenvalue weighted by Crippen LogP contribution is 2.26. The van der Waals surface area contributed by atoms with Gasteiger partial charge in [0.15, 0.2) is 0 Å². The van der Waals surface area contributed by atoms with Gasteiger partial charge in [0.05, 0.1) is 6.42 Å². The normalized spacial score (nSPS) is 22.2. The summed E-state index contributed by atoms with van der Waals surface area (Å²) in [6.07, 6.45) is 1.52. The molecule has 1 aromatic carbocycles. The minimum absolute atomic E-state index is 0.0581. The van der Waals surface area contributed by atoms with E-state index < -0.39 is 11.6 Å². The molecule has 0 radical (unpaired) electrons. The number of hydrogen-bond acceptors (Lipinski definition) is 3. The first-order valence-corrected chi connectivity index (χ1v) is 6.26. The molecule has 0 bridgehead atoms. The van der Waals surface area contributed by atoms with E-state index in [1.54, 1.807) is 31.2 Å². The molecule has 102 valence electrons. The molecular formula is C14H17NO4. The average molecular weight is 263 g/mol. The second kappa shape index (κ2) is 5.40. The smallest absolute Gasteiger partial charge is 0.307 e. The number of ether oxygens (including phenoxy) is 1. The van der Waals surface area contributed by atoms with E-state index in [1.165, 1.54) is 0 Å². The quantitative estimate of drug-likeness (QED) is 0.868. The van der Waals surface area contributed by atoms with Crippen LogP contribution in [-0.2, 0) is 20.7 Å². The van der Waals surface area contributed by atoms with Gasteiger partial charge in [-0.15, -0.1) is 0 Å². The molecule has 1 aliphatic heterocycles. The second-order valence-electron chi connectivity index (χ2n) is 4.91. The largest absolute Gasteiger partial charge is 0.481 e. The lowest BCUT2D eigenvalue weighted by Crippen LogP contribution is -2.39. The van der Waals surface area contributed by atoms with Gasteiger partial charge >= 0.3 is 5.97 Å². The molecule has 1 saturated heterocycles. The van der Waals surface area contributed by atoms with Crippen LogP contribution in [0.1, 0.15) is 25.3 Å². The maximum Gasteiger partial charge on any atom is 0.307 e. The Balaban J connectivity index is 2.06. The van der Waals surface area contributed by atoms with Crippen LogP contribution in [0.25, 0.3) is 0 Å². The first-order chi connectivity index (χ1) is 8.99. The Morgan fingerprint density at radius 2 is 2.26 bits per heavy atom. The summed E-state index contributed by atoms with van der Waals surface area (Å²) in [6, 6.07) is 6.86. The third kappa shape index (κ3) is 3.32. The molecule has 1 heterocycles. The van der Waals surface area contributed by atoms with Crippen LogP contribution in [-0.4, -0.2) is 29.2 Å². The highest BCUT2D eigenvalue weighted by molar-refractivity contribution is 5.97. The van der Waals surface area contributed by atoms with Crippen molar-refractivity contribution in [2.75, 3.05) is 11.9 Å². The molecule has 5 nitrogen and oxygen atoms in total. The Morgan fingerprint density at radius 1 is 1.47 bits per heavy atom. The summed E-state index contributed by atoms with van der Waals surface area (Å²) in [5.41, 5.74) is 0.478. The number of benzene rings is 1. The van der Waals surface area contributed by atoms with E-state index in [0.29, 0.717) is 24.3 Å². The van der Waals surface area contributed by atoms with E-state index >= 15 is 0 Å². The minimum atomic E-state index is -0.894. The lowest BCUT2D eigenvalue weighted by molar-refractivity contribution is -0.136. The first kappa shape index (κ1) is 13.5. The fraction of sp³-hybridized carbons (Fsp3) is 0.429. The summed E-state index contributed by atoms with van der Waals surface area (Å²) in [6.45, 7) is 2.37. The summed E-state index contributed by atoms with van der Waals surface area (Å²) < 4.78 is 5.46. The zero-order valence-corrected chi connectivity index (χ0v) is 10.8. The van der Waals surface area contributed by atoms with Crippen LogP contribution in [0.3, 0.4) is 0 Å². The molecule has 2 N–H and O–H groups in total. The van der Waals surface area contributed by atoms with Gasteiger partial charge in [0.25, 0.3) is 5.91 Å². The van der Waals surface area contributed by atoms with Crippen LogP contribution in [0.15, 0.2) is 24.3 Å². The van der Waals surface area contributed by atoms with Crippen LogP contribution >= 0.6 is 0 Å². The molecule has 0 aliphatic carbocycles. The Kier molecular flexibility index (Phi) is 3.85. The molecule has 1 fully saturated rings. The van der Waals surface area contributed by atoms with E-state index in [4.69, 9.17) is 9.84 Å². The highest BCUT2D eigenvalue weighted by Gasteiger charge is 2.37. The molecule has 1 unspecified atom stereocenters. The van der Waals surface area contributed by atoms with E-state index in [1.807, 2.05) is 0 Å². The number of carboxylic acids is 1. The molecule has 0 saturated carbocycles. The summed E-state index contributed by atoms with van der Waals surface area (Å²) in [7, 11) is 0. The topological polar surface area (TPSA) is 75.6 Å². The molecule has 0 spiro atoms. The fourth-order valence-electron chi connectivity index (χ4n) is 2.16. The van der Waals surface area contributed by atoms with Crippen molar-refractivity contribution in [1.82, 2.24) is 0 Å². The first-order valence-electron chi connectivity index (χ1n) is 6.26. The maximum atomic E-state index is 12.1. The van der Waals surface area contributed by atoms with Crippen LogP contribution in [0.4, 0.5) is 5.69 Å². The van der Waals surface area contributed by atoms with Crippen molar-refractivity contribution in [2.45, 2.75) is 31.8 Å². The Morgan fingerprint density at radius 3 is 2.89 bits per heavy atom. The predicted molar refractivity (Wildman–Crippen MR) is 70.0 cm³/mol. The number of carbonyl (C=O) groups excluding carboxylic acids is 1. The van der Waals surface area contributed by atoms with Crippen molar-refractivity contribution in [1.29, 1.82) is 0 Å². The Labute approximate surface area is 111 Å². The number of carbonyl (C=O) groups is 2. The Hall–Kier alpha value is -1.88. The summed E-state index contributed by atoms with van der Waals surface area (Å²) in [5.74, 6) is -1.08. The zero-order valence-electron chi connectivity index (χ0n) is 10.8. The number of hydrogen-bond donors (Lipinski definition) is 2. The van der Waals surface area contributed by atoms with Crippen LogP contribution in [0.5, 0.6) is 0 Å². The number of rotatable bonds is 4. The molecule has 1 atom stereocenters. The van der Waals surface area contributed by atoms with Gasteiger partial charge in [-0.25, -0.2) is 0 Å². The lowest BCUT2D eigenvalue weighted by Gasteiger charge is -2.22. The highest BCUT2D eigenvalue weighted by atomic mass is 16.5. The van der Waals surface area contributed by atoms with Crippen molar-refractivity contribution in [2.24, 2.45) is 0 Å². The molecule has 0 aromatic heterocycles. The summed E-state index contributed by atoms with van der Waals surface area (Å²) >= 11 is 0. The molecule has 1 amide bonds. The number of nitrogens with one attached hydrogen (secondary N) is 1. The van der Waals surface area contributed by atoms with Gasteiger partial charge in [-0.1, -0.05) is 12.1 Å². The van der Waals surface area contributed by atoms with Crippen molar-refractivity contribution in [3.63, 3.8) is 0 Å². The van der Waals surface area contributed by atoms with E-state index in [0.717, 1.165) is 6.42 Å². The lowest BCUT2D eigenvalue weighted by atomic mass is 10.0. The summed E-state index contributed by atoms with van der Waals surface area (Å²) in [5, 5.41) is 11.5. The molecule has 19 heavy (non-hydrogen) atoms. The number of aliphatic carboxylic acids is 1. The van der Waals surface area contributed by atoms with Crippen LogP contribution < -0.4 is 5.32 Å². The molecule has 1 aromatic rings. The molecule has 5 heteroatoms. The van der Waals surface area contributed by atoms with Gasteiger partial charge in [0.1, 0.15) is 5.60 Å². The average Bonchev–Trinajstić information content (AvgIpc) is 2.77. The van der Waals surface area contributed by atoms with E-state index in [9.17, 15) is 9.59 Å². The second-order valence-corrected chi connectivity index (χ2v) is 4.91. The fourth-order valence-corrected chi connectivity index (χ4v) is 2.16. The van der Waals surface area contributed by atoms with Gasteiger partial charge in [0, 0.05) is 12.3 Å². The molecule has 1 aliphatic rings. The van der Waals surface area contributed by atoms with Gasteiger partial charge in [-0.2, -0.15) is 0 Å². The van der Waals surface area contributed by atoms with E-state index in [-0.39, 0.29) is 12.3 Å². The number of carboxylic acid groups (broad SMARTS) is 1. The van der Waals surface area contributed by atoms with Crippen molar-refractivity contribution >= 4 is 17.6 Å². The SMILES string of the molecule is CC1(C(=O)Nc2cccc(CC(=O)O)c2)CCCO1. The van der Waals surface area contributed by atoms with Gasteiger partial charge in [-0.3, -0.25) is 9.59 Å². The van der Waals surface area contributed by atoms with Crippen molar-refractivity contribution < 1.29 is 19.4 Å². The monoisotopic (exact) mass is 263 g/mol. The van der Waals surface area contributed by atoms with Gasteiger partial charge in [-0.05, 0) is 37.5 Å². The summed E-state index contributed by atoms with van der Waals surface area (Å²) in [4.78, 5) is 22.8. The maximum absolute atomic E-state index is 12.1. The van der Waals surface area contributed by atoms with Crippen molar-refractivity contribution in [3.05, 3.63) is 29.8 Å². The minimum Gasteiger partial charge on any atom is -0.481 e. The molecular weight excluding hydrogens is 246 g/mol. The third-order valence-corrected chi connectivity index (χ3v) is 3.24. The number of amides is 1. The van der Waals surface area contributed by atoms with Crippen LogP contribution in [0, 0.1) is 0 Å². The Bertz CT molecular complexity index is 492. The third-order valence-electron chi connectivity index (χ3n) is 3.24.